The standard InChI is InChI=1S/C17H11Cl2NO2/c18-14-7-9-5-11(6-10(9)8-15(14)19)20-16(21)12-3-1-2-4-13(12)17(20)22/h1-4,7-8,11H,5-6H2. The van der Waals surface area contributed by atoms with E-state index in [0.29, 0.717) is 34.0 Å². The number of rotatable bonds is 1. The zero-order valence-electron chi connectivity index (χ0n) is 11.5. The van der Waals surface area contributed by atoms with E-state index in [4.69, 9.17) is 23.2 Å². The molecule has 1 aliphatic heterocycles. The largest absolute Gasteiger partial charge is 0.271 e. The van der Waals surface area contributed by atoms with E-state index in [1.165, 1.54) is 4.90 Å². The van der Waals surface area contributed by atoms with Crippen molar-refractivity contribution in [1.82, 2.24) is 4.90 Å². The Morgan fingerprint density at radius 3 is 1.77 bits per heavy atom. The molecule has 1 aliphatic carbocycles. The molecule has 0 unspecified atom stereocenters. The predicted octanol–water partition coefficient (Wildman–Crippen LogP) is 3.76. The number of fused-ring (bicyclic) bond motifs is 2. The minimum Gasteiger partial charge on any atom is -0.271 e. The van der Waals surface area contributed by atoms with Gasteiger partial charge in [0.05, 0.1) is 21.2 Å². The van der Waals surface area contributed by atoms with Crippen molar-refractivity contribution in [3.05, 3.63) is 68.7 Å². The summed E-state index contributed by atoms with van der Waals surface area (Å²) in [6.07, 6.45) is 1.25. The Hall–Kier alpha value is -1.84. The topological polar surface area (TPSA) is 37.4 Å². The van der Waals surface area contributed by atoms with Crippen LogP contribution >= 0.6 is 23.2 Å². The van der Waals surface area contributed by atoms with Crippen LogP contribution in [0, 0.1) is 0 Å². The second kappa shape index (κ2) is 4.83. The first-order valence-corrected chi connectivity index (χ1v) is 7.75. The van der Waals surface area contributed by atoms with Gasteiger partial charge in [0.15, 0.2) is 0 Å². The summed E-state index contributed by atoms with van der Waals surface area (Å²) in [4.78, 5) is 26.4. The van der Waals surface area contributed by atoms with Crippen LogP contribution in [0.3, 0.4) is 0 Å². The molecule has 2 aromatic rings. The molecule has 0 spiro atoms. The molecule has 110 valence electrons. The van der Waals surface area contributed by atoms with Crippen molar-refractivity contribution >= 4 is 35.0 Å². The Morgan fingerprint density at radius 1 is 0.864 bits per heavy atom. The van der Waals surface area contributed by atoms with Crippen molar-refractivity contribution in [1.29, 1.82) is 0 Å². The van der Waals surface area contributed by atoms with Crippen LogP contribution in [0.1, 0.15) is 31.8 Å². The van der Waals surface area contributed by atoms with E-state index in [2.05, 4.69) is 0 Å². The second-order valence-electron chi connectivity index (χ2n) is 5.62. The summed E-state index contributed by atoms with van der Waals surface area (Å²) in [5.41, 5.74) is 3.07. The van der Waals surface area contributed by atoms with E-state index in [1.807, 2.05) is 12.1 Å². The highest BCUT2D eigenvalue weighted by Crippen LogP contribution is 2.35. The smallest absolute Gasteiger partial charge is 0.261 e. The van der Waals surface area contributed by atoms with Gasteiger partial charge in [-0.05, 0) is 48.2 Å². The zero-order chi connectivity index (χ0) is 15.4. The fraction of sp³-hybridized carbons (Fsp3) is 0.176. The predicted molar refractivity (Wildman–Crippen MR) is 84.6 cm³/mol. The fourth-order valence-electron chi connectivity index (χ4n) is 3.31. The molecule has 5 heteroatoms. The lowest BCUT2D eigenvalue weighted by Crippen LogP contribution is -2.40. The number of hydrogen-bond donors (Lipinski definition) is 0. The summed E-state index contributed by atoms with van der Waals surface area (Å²) in [6, 6.07) is 10.4. The highest BCUT2D eigenvalue weighted by atomic mass is 35.5. The van der Waals surface area contributed by atoms with Crippen molar-refractivity contribution in [3.8, 4) is 0 Å². The molecule has 22 heavy (non-hydrogen) atoms. The van der Waals surface area contributed by atoms with E-state index in [-0.39, 0.29) is 17.9 Å². The molecule has 0 saturated carbocycles. The van der Waals surface area contributed by atoms with Crippen molar-refractivity contribution in [2.75, 3.05) is 0 Å². The molecule has 1 heterocycles. The average molecular weight is 332 g/mol. The molecule has 4 rings (SSSR count). The maximum absolute atomic E-state index is 12.5. The maximum atomic E-state index is 12.5. The van der Waals surface area contributed by atoms with Gasteiger partial charge < -0.3 is 0 Å². The van der Waals surface area contributed by atoms with Gasteiger partial charge in [-0.3, -0.25) is 14.5 Å². The fourth-order valence-corrected chi connectivity index (χ4v) is 3.68. The highest BCUT2D eigenvalue weighted by Gasteiger charge is 2.41. The molecule has 0 radical (unpaired) electrons. The number of carbonyl (C=O) groups is 2. The quantitative estimate of drug-likeness (QED) is 0.746. The van der Waals surface area contributed by atoms with Gasteiger partial charge in [-0.15, -0.1) is 0 Å². The van der Waals surface area contributed by atoms with Crippen molar-refractivity contribution in [2.24, 2.45) is 0 Å². The molecule has 2 aliphatic rings. The number of carbonyl (C=O) groups excluding carboxylic acids is 2. The van der Waals surface area contributed by atoms with E-state index in [9.17, 15) is 9.59 Å². The maximum Gasteiger partial charge on any atom is 0.261 e. The highest BCUT2D eigenvalue weighted by molar-refractivity contribution is 6.42. The Balaban J connectivity index is 1.69. The Morgan fingerprint density at radius 2 is 1.32 bits per heavy atom. The molecule has 3 nitrogen and oxygen atoms in total. The number of halogens is 2. The Kier molecular flexibility index (Phi) is 3.03. The lowest BCUT2D eigenvalue weighted by molar-refractivity contribution is 0.0590. The number of nitrogens with zero attached hydrogens (tertiary/aromatic N) is 1. The van der Waals surface area contributed by atoms with Crippen LogP contribution in [-0.2, 0) is 12.8 Å². The van der Waals surface area contributed by atoms with Crippen molar-refractivity contribution in [3.63, 3.8) is 0 Å². The number of amides is 2. The molecule has 2 amide bonds. The van der Waals surface area contributed by atoms with Crippen LogP contribution in [0.4, 0.5) is 0 Å². The first-order valence-electron chi connectivity index (χ1n) is 7.00. The summed E-state index contributed by atoms with van der Waals surface area (Å²) < 4.78 is 0. The van der Waals surface area contributed by atoms with E-state index >= 15 is 0 Å². The molecular weight excluding hydrogens is 321 g/mol. The SMILES string of the molecule is O=C1c2ccccc2C(=O)N1C1Cc2cc(Cl)c(Cl)cc2C1. The summed E-state index contributed by atoms with van der Waals surface area (Å²) in [6.45, 7) is 0. The minimum atomic E-state index is -0.212. The molecule has 0 atom stereocenters. The zero-order valence-corrected chi connectivity index (χ0v) is 13.0. The van der Waals surface area contributed by atoms with Gasteiger partial charge in [0.25, 0.3) is 11.8 Å². The lowest BCUT2D eigenvalue weighted by Gasteiger charge is -2.21. The first-order chi connectivity index (χ1) is 10.6. The molecule has 0 N–H and O–H groups in total. The molecule has 0 fully saturated rings. The molecule has 0 saturated heterocycles. The van der Waals surface area contributed by atoms with Gasteiger partial charge in [-0.2, -0.15) is 0 Å². The van der Waals surface area contributed by atoms with Crippen molar-refractivity contribution in [2.45, 2.75) is 18.9 Å². The van der Waals surface area contributed by atoms with E-state index < -0.39 is 0 Å². The van der Waals surface area contributed by atoms with Crippen LogP contribution in [0.2, 0.25) is 10.0 Å². The number of benzene rings is 2. The van der Waals surface area contributed by atoms with E-state index in [0.717, 1.165) is 11.1 Å². The molecular formula is C17H11Cl2NO2. The Labute approximate surface area is 137 Å². The first kappa shape index (κ1) is 13.8. The van der Waals surface area contributed by atoms with Gasteiger partial charge in [-0.1, -0.05) is 35.3 Å². The Bertz CT molecular complexity index is 765. The third-order valence-corrected chi connectivity index (χ3v) is 5.07. The van der Waals surface area contributed by atoms with Crippen LogP contribution in [-0.4, -0.2) is 22.8 Å². The summed E-state index contributed by atoms with van der Waals surface area (Å²) in [5, 5.41) is 1.01. The summed E-state index contributed by atoms with van der Waals surface area (Å²) in [7, 11) is 0. The van der Waals surface area contributed by atoms with Gasteiger partial charge in [0.1, 0.15) is 0 Å². The van der Waals surface area contributed by atoms with Crippen molar-refractivity contribution < 1.29 is 9.59 Å². The lowest BCUT2D eigenvalue weighted by atomic mass is 10.1. The normalized spacial score (nSPS) is 17.1. The number of hydrogen-bond acceptors (Lipinski definition) is 2. The van der Waals surface area contributed by atoms with Gasteiger partial charge >= 0.3 is 0 Å². The number of imide groups is 1. The molecule has 2 aromatic carbocycles. The van der Waals surface area contributed by atoms with E-state index in [1.54, 1.807) is 24.3 Å². The third-order valence-electron chi connectivity index (χ3n) is 4.34. The monoisotopic (exact) mass is 331 g/mol. The minimum absolute atomic E-state index is 0.170. The third kappa shape index (κ3) is 1.89. The van der Waals surface area contributed by atoms with Crippen LogP contribution in [0.25, 0.3) is 0 Å². The summed E-state index contributed by atoms with van der Waals surface area (Å²) >= 11 is 12.1. The molecule has 0 bridgehead atoms. The van der Waals surface area contributed by atoms with Gasteiger partial charge in [0.2, 0.25) is 0 Å². The van der Waals surface area contributed by atoms with Gasteiger partial charge in [-0.25, -0.2) is 0 Å². The summed E-state index contributed by atoms with van der Waals surface area (Å²) in [5.74, 6) is -0.425. The average Bonchev–Trinajstić information content (AvgIpc) is 3.00. The van der Waals surface area contributed by atoms with Crippen LogP contribution < -0.4 is 0 Å². The van der Waals surface area contributed by atoms with Crippen LogP contribution in [0.5, 0.6) is 0 Å². The molecule has 0 aromatic heterocycles. The van der Waals surface area contributed by atoms with Crippen LogP contribution in [0.15, 0.2) is 36.4 Å². The van der Waals surface area contributed by atoms with Gasteiger partial charge in [0, 0.05) is 6.04 Å². The second-order valence-corrected chi connectivity index (χ2v) is 6.44.